The first-order chi connectivity index (χ1) is 6.16. The SMILES string of the molecule is C=CCNc1c(C)ccc(N)c1C. The molecule has 1 aromatic carbocycles. The lowest BCUT2D eigenvalue weighted by atomic mass is 10.1. The summed E-state index contributed by atoms with van der Waals surface area (Å²) in [6, 6.07) is 3.96. The van der Waals surface area contributed by atoms with Crippen LogP contribution in [0.3, 0.4) is 0 Å². The molecule has 0 aliphatic heterocycles. The molecule has 0 radical (unpaired) electrons. The molecule has 13 heavy (non-hydrogen) atoms. The predicted octanol–water partition coefficient (Wildman–Crippen LogP) is 2.48. The van der Waals surface area contributed by atoms with Crippen LogP contribution in [0.25, 0.3) is 0 Å². The fourth-order valence-corrected chi connectivity index (χ4v) is 1.31. The van der Waals surface area contributed by atoms with Crippen LogP contribution in [0.5, 0.6) is 0 Å². The normalized spacial score (nSPS) is 9.69. The summed E-state index contributed by atoms with van der Waals surface area (Å²) in [5.41, 5.74) is 10.1. The van der Waals surface area contributed by atoms with Gasteiger partial charge < -0.3 is 11.1 Å². The van der Waals surface area contributed by atoms with Crippen LogP contribution in [-0.2, 0) is 0 Å². The van der Waals surface area contributed by atoms with E-state index in [0.29, 0.717) is 0 Å². The van der Waals surface area contributed by atoms with Gasteiger partial charge in [0.1, 0.15) is 0 Å². The van der Waals surface area contributed by atoms with Crippen LogP contribution in [0.2, 0.25) is 0 Å². The Bertz CT molecular complexity index is 316. The van der Waals surface area contributed by atoms with Crippen molar-refractivity contribution in [2.75, 3.05) is 17.6 Å². The zero-order valence-corrected chi connectivity index (χ0v) is 8.22. The third-order valence-electron chi connectivity index (χ3n) is 2.14. The number of hydrogen-bond donors (Lipinski definition) is 2. The predicted molar refractivity (Wildman–Crippen MR) is 59.0 cm³/mol. The van der Waals surface area contributed by atoms with E-state index in [1.807, 2.05) is 25.1 Å². The van der Waals surface area contributed by atoms with Crippen molar-refractivity contribution < 1.29 is 0 Å². The number of rotatable bonds is 3. The topological polar surface area (TPSA) is 38.0 Å². The van der Waals surface area contributed by atoms with Crippen molar-refractivity contribution in [2.45, 2.75) is 13.8 Å². The summed E-state index contributed by atoms with van der Waals surface area (Å²) in [5.74, 6) is 0. The molecule has 70 valence electrons. The molecule has 0 saturated heterocycles. The zero-order valence-electron chi connectivity index (χ0n) is 8.22. The number of nitrogen functional groups attached to an aromatic ring is 1. The largest absolute Gasteiger partial charge is 0.398 e. The average molecular weight is 176 g/mol. The Labute approximate surface area is 79.5 Å². The van der Waals surface area contributed by atoms with Gasteiger partial charge >= 0.3 is 0 Å². The van der Waals surface area contributed by atoms with Gasteiger partial charge in [0.05, 0.1) is 0 Å². The van der Waals surface area contributed by atoms with Crippen molar-refractivity contribution in [3.63, 3.8) is 0 Å². The highest BCUT2D eigenvalue weighted by Crippen LogP contribution is 2.24. The van der Waals surface area contributed by atoms with E-state index < -0.39 is 0 Å². The van der Waals surface area contributed by atoms with Crippen LogP contribution in [0, 0.1) is 13.8 Å². The number of anilines is 2. The standard InChI is InChI=1S/C11H16N2/c1-4-7-13-11-8(2)5-6-10(12)9(11)3/h4-6,13H,1,7,12H2,2-3H3. The minimum atomic E-state index is 0.769. The summed E-state index contributed by atoms with van der Waals surface area (Å²) < 4.78 is 0. The smallest absolute Gasteiger partial charge is 0.0422 e. The first kappa shape index (κ1) is 9.65. The van der Waals surface area contributed by atoms with E-state index in [0.717, 1.165) is 23.5 Å². The van der Waals surface area contributed by atoms with Crippen molar-refractivity contribution in [2.24, 2.45) is 0 Å². The van der Waals surface area contributed by atoms with Gasteiger partial charge in [-0.1, -0.05) is 12.1 Å². The molecule has 0 aliphatic rings. The molecule has 2 nitrogen and oxygen atoms in total. The molecule has 0 bridgehead atoms. The van der Waals surface area contributed by atoms with Crippen molar-refractivity contribution in [1.29, 1.82) is 0 Å². The van der Waals surface area contributed by atoms with Crippen LogP contribution < -0.4 is 11.1 Å². The van der Waals surface area contributed by atoms with E-state index in [1.54, 1.807) is 0 Å². The lowest BCUT2D eigenvalue weighted by molar-refractivity contribution is 1.27. The quantitative estimate of drug-likeness (QED) is 0.548. The Kier molecular flexibility index (Phi) is 2.96. The molecule has 1 rings (SSSR count). The first-order valence-corrected chi connectivity index (χ1v) is 4.37. The molecule has 0 aliphatic carbocycles. The van der Waals surface area contributed by atoms with Gasteiger partial charge in [-0.25, -0.2) is 0 Å². The van der Waals surface area contributed by atoms with Crippen molar-refractivity contribution in [1.82, 2.24) is 0 Å². The molecule has 0 heterocycles. The van der Waals surface area contributed by atoms with Gasteiger partial charge in [0.15, 0.2) is 0 Å². The molecule has 0 amide bonds. The third-order valence-corrected chi connectivity index (χ3v) is 2.14. The minimum Gasteiger partial charge on any atom is -0.398 e. The molecular weight excluding hydrogens is 160 g/mol. The van der Waals surface area contributed by atoms with Crippen molar-refractivity contribution in [3.8, 4) is 0 Å². The summed E-state index contributed by atoms with van der Waals surface area (Å²) in [5, 5.41) is 3.27. The third kappa shape index (κ3) is 2.02. The highest BCUT2D eigenvalue weighted by molar-refractivity contribution is 5.66. The van der Waals surface area contributed by atoms with E-state index in [2.05, 4.69) is 18.8 Å². The number of nitrogens with two attached hydrogens (primary N) is 1. The van der Waals surface area contributed by atoms with Crippen LogP contribution in [0.15, 0.2) is 24.8 Å². The second-order valence-electron chi connectivity index (χ2n) is 3.14. The Hall–Kier alpha value is -1.44. The van der Waals surface area contributed by atoms with Crippen molar-refractivity contribution in [3.05, 3.63) is 35.9 Å². The molecule has 2 heteroatoms. The Morgan fingerprint density at radius 3 is 2.77 bits per heavy atom. The second-order valence-corrected chi connectivity index (χ2v) is 3.14. The van der Waals surface area contributed by atoms with E-state index in [4.69, 9.17) is 5.73 Å². The summed E-state index contributed by atoms with van der Waals surface area (Å²) in [7, 11) is 0. The summed E-state index contributed by atoms with van der Waals surface area (Å²) >= 11 is 0. The lowest BCUT2D eigenvalue weighted by Crippen LogP contribution is -2.03. The van der Waals surface area contributed by atoms with Crippen LogP contribution in [0.4, 0.5) is 11.4 Å². The number of nitrogens with one attached hydrogen (secondary N) is 1. The molecule has 0 atom stereocenters. The van der Waals surface area contributed by atoms with Gasteiger partial charge in [-0.2, -0.15) is 0 Å². The van der Waals surface area contributed by atoms with Gasteiger partial charge in [-0.3, -0.25) is 0 Å². The fraction of sp³-hybridized carbons (Fsp3) is 0.273. The van der Waals surface area contributed by atoms with E-state index in [1.165, 1.54) is 5.56 Å². The molecule has 1 aromatic rings. The number of hydrogen-bond acceptors (Lipinski definition) is 2. The zero-order chi connectivity index (χ0) is 9.84. The molecule has 0 saturated carbocycles. The lowest BCUT2D eigenvalue weighted by Gasteiger charge is -2.12. The molecular formula is C11H16N2. The van der Waals surface area contributed by atoms with Crippen LogP contribution >= 0.6 is 0 Å². The van der Waals surface area contributed by atoms with Gasteiger partial charge in [-0.15, -0.1) is 6.58 Å². The Balaban J connectivity index is 3.02. The van der Waals surface area contributed by atoms with Crippen molar-refractivity contribution >= 4 is 11.4 Å². The number of aryl methyl sites for hydroxylation is 1. The van der Waals surface area contributed by atoms with Gasteiger partial charge in [-0.05, 0) is 31.0 Å². The summed E-state index contributed by atoms with van der Waals surface area (Å²) in [6.07, 6.45) is 1.84. The maximum atomic E-state index is 5.80. The van der Waals surface area contributed by atoms with Crippen LogP contribution in [-0.4, -0.2) is 6.54 Å². The highest BCUT2D eigenvalue weighted by Gasteiger charge is 2.03. The minimum absolute atomic E-state index is 0.769. The molecule has 0 aromatic heterocycles. The van der Waals surface area contributed by atoms with Gasteiger partial charge in [0.25, 0.3) is 0 Å². The number of benzene rings is 1. The summed E-state index contributed by atoms with van der Waals surface area (Å²) in [6.45, 7) is 8.52. The van der Waals surface area contributed by atoms with E-state index in [-0.39, 0.29) is 0 Å². The average Bonchev–Trinajstić information content (AvgIpc) is 2.12. The molecule has 0 unspecified atom stereocenters. The van der Waals surface area contributed by atoms with E-state index in [9.17, 15) is 0 Å². The molecule has 3 N–H and O–H groups in total. The first-order valence-electron chi connectivity index (χ1n) is 4.37. The Morgan fingerprint density at radius 1 is 1.46 bits per heavy atom. The van der Waals surface area contributed by atoms with Crippen LogP contribution in [0.1, 0.15) is 11.1 Å². The molecule has 0 fully saturated rings. The fourth-order valence-electron chi connectivity index (χ4n) is 1.31. The Morgan fingerprint density at radius 2 is 2.15 bits per heavy atom. The maximum Gasteiger partial charge on any atom is 0.0422 e. The van der Waals surface area contributed by atoms with Gasteiger partial charge in [0, 0.05) is 17.9 Å². The highest BCUT2D eigenvalue weighted by atomic mass is 14.9. The summed E-state index contributed by atoms with van der Waals surface area (Å²) in [4.78, 5) is 0. The van der Waals surface area contributed by atoms with Gasteiger partial charge in [0.2, 0.25) is 0 Å². The maximum absolute atomic E-state index is 5.80. The molecule has 0 spiro atoms. The second kappa shape index (κ2) is 3.99. The van der Waals surface area contributed by atoms with E-state index >= 15 is 0 Å². The monoisotopic (exact) mass is 176 g/mol.